The number of likely N-dealkylation sites (tertiary alicyclic amines) is 1. The maximum absolute atomic E-state index is 14.9. The Bertz CT molecular complexity index is 1310. The molecule has 4 unspecified atom stereocenters. The van der Waals surface area contributed by atoms with Gasteiger partial charge in [0.05, 0.1) is 25.8 Å². The van der Waals surface area contributed by atoms with E-state index in [4.69, 9.17) is 9.57 Å². The third-order valence-electron chi connectivity index (χ3n) is 9.58. The summed E-state index contributed by atoms with van der Waals surface area (Å²) in [5.41, 5.74) is 12.1. The standard InChI is InChI=1S/C32H43FN6O4/c1-19-14-21(12-13-34-19)30-24-15-22(8-10-27(24)36-37-30)31(40)35-23-9-11-28(32(41)38-43-18-20-6-7-20)39(16-23)17-25-26(33)4-3-5-29(25)42-2/h3-5,12-14,20,22-24,27-28,30,36-37H,6-11,15-18H2,1-2H3,(H,35,40)(H,38,41)/t22?,23-,24?,27?,28+,30?/m1/s1. The number of methoxy groups -OCH3 is 1. The molecule has 2 saturated heterocycles. The first-order valence-corrected chi connectivity index (χ1v) is 15.6. The molecule has 11 heteroatoms. The number of aryl methyl sites for hydroxylation is 1. The topological polar surface area (TPSA) is 117 Å². The van der Waals surface area contributed by atoms with Gasteiger partial charge in [0.15, 0.2) is 0 Å². The molecule has 2 aliphatic heterocycles. The average molecular weight is 595 g/mol. The van der Waals surface area contributed by atoms with E-state index in [0.29, 0.717) is 55.2 Å². The Balaban J connectivity index is 1.11. The number of hydrogen-bond acceptors (Lipinski definition) is 8. The van der Waals surface area contributed by atoms with Crippen molar-refractivity contribution in [1.82, 2.24) is 31.5 Å². The van der Waals surface area contributed by atoms with E-state index in [1.807, 2.05) is 24.1 Å². The Kier molecular flexibility index (Phi) is 9.22. The molecule has 4 aliphatic rings. The van der Waals surface area contributed by atoms with Crippen molar-refractivity contribution in [3.8, 4) is 5.75 Å². The Hall–Kier alpha value is -3.12. The van der Waals surface area contributed by atoms with Gasteiger partial charge in [-0.1, -0.05) is 6.07 Å². The predicted octanol–water partition coefficient (Wildman–Crippen LogP) is 3.08. The van der Waals surface area contributed by atoms with Gasteiger partial charge in [0.2, 0.25) is 5.91 Å². The molecule has 2 aliphatic carbocycles. The molecular weight excluding hydrogens is 551 g/mol. The van der Waals surface area contributed by atoms with Crippen LogP contribution >= 0.6 is 0 Å². The molecule has 1 aromatic heterocycles. The zero-order valence-corrected chi connectivity index (χ0v) is 25.0. The van der Waals surface area contributed by atoms with Crippen LogP contribution in [0.3, 0.4) is 0 Å². The summed E-state index contributed by atoms with van der Waals surface area (Å²) in [7, 11) is 1.51. The number of fused-ring (bicyclic) bond motifs is 1. The van der Waals surface area contributed by atoms with Crippen molar-refractivity contribution in [1.29, 1.82) is 0 Å². The summed E-state index contributed by atoms with van der Waals surface area (Å²) < 4.78 is 20.4. The van der Waals surface area contributed by atoms with Gasteiger partial charge in [0.25, 0.3) is 5.91 Å². The molecule has 0 radical (unpaired) electrons. The van der Waals surface area contributed by atoms with Crippen LogP contribution in [0.15, 0.2) is 36.5 Å². The fourth-order valence-corrected chi connectivity index (χ4v) is 7.01. The SMILES string of the molecule is COc1cccc(F)c1CN1C[C@H](NC(=O)C2CCC3NNC(c4ccnc(C)c4)C3C2)CC[C@H]1C(=O)NOCC1CC1. The minimum atomic E-state index is -0.507. The van der Waals surface area contributed by atoms with Crippen LogP contribution in [0.4, 0.5) is 4.39 Å². The number of amides is 2. The molecule has 2 saturated carbocycles. The lowest BCUT2D eigenvalue weighted by molar-refractivity contribution is -0.141. The molecule has 10 nitrogen and oxygen atoms in total. The molecule has 232 valence electrons. The second-order valence-corrected chi connectivity index (χ2v) is 12.6. The molecule has 4 N–H and O–H groups in total. The monoisotopic (exact) mass is 594 g/mol. The van der Waals surface area contributed by atoms with Crippen LogP contribution in [0.1, 0.15) is 67.8 Å². The number of rotatable bonds is 10. The summed E-state index contributed by atoms with van der Waals surface area (Å²) in [6, 6.07) is 8.67. The van der Waals surface area contributed by atoms with Crippen molar-refractivity contribution in [3.05, 3.63) is 59.2 Å². The van der Waals surface area contributed by atoms with E-state index in [0.717, 1.165) is 37.8 Å². The first-order chi connectivity index (χ1) is 20.9. The highest BCUT2D eigenvalue weighted by molar-refractivity contribution is 5.81. The lowest BCUT2D eigenvalue weighted by atomic mass is 9.74. The van der Waals surface area contributed by atoms with Crippen LogP contribution in [0.5, 0.6) is 5.75 Å². The highest BCUT2D eigenvalue weighted by Gasteiger charge is 2.43. The van der Waals surface area contributed by atoms with E-state index >= 15 is 0 Å². The summed E-state index contributed by atoms with van der Waals surface area (Å²) >= 11 is 0. The third-order valence-corrected chi connectivity index (χ3v) is 9.58. The number of carbonyl (C=O) groups is 2. The van der Waals surface area contributed by atoms with Gasteiger partial charge in [-0.15, -0.1) is 0 Å². The second kappa shape index (κ2) is 13.3. The number of hydroxylamine groups is 1. The minimum absolute atomic E-state index is 0.0547. The number of carbonyl (C=O) groups excluding carboxylic acids is 2. The van der Waals surface area contributed by atoms with Gasteiger partial charge in [-0.25, -0.2) is 15.3 Å². The molecule has 2 aromatic rings. The number of piperidine rings is 1. The fourth-order valence-electron chi connectivity index (χ4n) is 7.01. The van der Waals surface area contributed by atoms with Gasteiger partial charge in [0.1, 0.15) is 11.6 Å². The number of nitrogens with one attached hydrogen (secondary N) is 4. The number of aromatic nitrogens is 1. The van der Waals surface area contributed by atoms with Crippen LogP contribution in [-0.2, 0) is 21.0 Å². The first kappa shape index (κ1) is 29.9. The second-order valence-electron chi connectivity index (χ2n) is 12.6. The lowest BCUT2D eigenvalue weighted by Crippen LogP contribution is -2.57. The number of nitrogens with zero attached hydrogens (tertiary/aromatic N) is 2. The van der Waals surface area contributed by atoms with Crippen LogP contribution in [0.2, 0.25) is 0 Å². The Morgan fingerprint density at radius 3 is 2.74 bits per heavy atom. The van der Waals surface area contributed by atoms with Gasteiger partial charge in [-0.05, 0) is 93.5 Å². The number of pyridine rings is 1. The van der Waals surface area contributed by atoms with Crippen molar-refractivity contribution >= 4 is 11.8 Å². The highest BCUT2D eigenvalue weighted by Crippen LogP contribution is 2.40. The molecular formula is C32H43FN6O4. The molecule has 4 fully saturated rings. The Morgan fingerprint density at radius 1 is 1.09 bits per heavy atom. The molecule has 6 rings (SSSR count). The average Bonchev–Trinajstić information content (AvgIpc) is 3.73. The Labute approximate surface area is 252 Å². The smallest absolute Gasteiger partial charge is 0.260 e. The number of halogens is 1. The quantitative estimate of drug-likeness (QED) is 0.310. The molecule has 6 atom stereocenters. The minimum Gasteiger partial charge on any atom is -0.496 e. The molecule has 0 spiro atoms. The van der Waals surface area contributed by atoms with E-state index in [9.17, 15) is 14.0 Å². The van der Waals surface area contributed by atoms with Crippen molar-refractivity contribution in [3.63, 3.8) is 0 Å². The maximum Gasteiger partial charge on any atom is 0.260 e. The van der Waals surface area contributed by atoms with Gasteiger partial charge < -0.3 is 10.1 Å². The van der Waals surface area contributed by atoms with Gasteiger partial charge in [-0.3, -0.25) is 29.7 Å². The van der Waals surface area contributed by atoms with Gasteiger partial charge in [-0.2, -0.15) is 0 Å². The van der Waals surface area contributed by atoms with Crippen molar-refractivity contribution in [2.45, 2.75) is 82.6 Å². The first-order valence-electron chi connectivity index (χ1n) is 15.6. The van der Waals surface area contributed by atoms with Crippen molar-refractivity contribution < 1.29 is 23.6 Å². The highest BCUT2D eigenvalue weighted by atomic mass is 19.1. The number of hydrogen-bond donors (Lipinski definition) is 4. The van der Waals surface area contributed by atoms with Crippen molar-refractivity contribution in [2.75, 3.05) is 20.3 Å². The molecule has 0 bridgehead atoms. The fraction of sp³-hybridized carbons (Fsp3) is 0.594. The van der Waals surface area contributed by atoms with Crippen LogP contribution < -0.4 is 26.4 Å². The summed E-state index contributed by atoms with van der Waals surface area (Å²) in [6.07, 6.45) is 7.78. The Morgan fingerprint density at radius 2 is 1.95 bits per heavy atom. The summed E-state index contributed by atoms with van der Waals surface area (Å²) in [5, 5.41) is 3.30. The number of ether oxygens (including phenoxy) is 1. The largest absolute Gasteiger partial charge is 0.496 e. The summed E-state index contributed by atoms with van der Waals surface area (Å²) in [5.74, 6) is 0.586. The zero-order chi connectivity index (χ0) is 29.9. The van der Waals surface area contributed by atoms with Crippen LogP contribution in [0.25, 0.3) is 0 Å². The van der Waals surface area contributed by atoms with Gasteiger partial charge in [0, 0.05) is 48.5 Å². The lowest BCUT2D eigenvalue weighted by Gasteiger charge is -2.40. The normalized spacial score (nSPS) is 29.1. The zero-order valence-electron chi connectivity index (χ0n) is 25.0. The van der Waals surface area contributed by atoms with Crippen molar-refractivity contribution in [2.24, 2.45) is 17.8 Å². The van der Waals surface area contributed by atoms with Crippen LogP contribution in [0, 0.1) is 30.5 Å². The number of hydrazine groups is 1. The van der Waals surface area contributed by atoms with Crippen LogP contribution in [-0.4, -0.2) is 60.1 Å². The third kappa shape index (κ3) is 7.01. The molecule has 43 heavy (non-hydrogen) atoms. The maximum atomic E-state index is 14.9. The molecule has 2 amide bonds. The van der Waals surface area contributed by atoms with E-state index in [2.05, 4.69) is 32.7 Å². The summed E-state index contributed by atoms with van der Waals surface area (Å²) in [4.78, 5) is 38.6. The molecule has 1 aromatic carbocycles. The van der Waals surface area contributed by atoms with E-state index in [1.54, 1.807) is 12.1 Å². The van der Waals surface area contributed by atoms with E-state index in [-0.39, 0.29) is 42.2 Å². The molecule has 3 heterocycles. The summed E-state index contributed by atoms with van der Waals surface area (Å²) in [6.45, 7) is 3.10. The van der Waals surface area contributed by atoms with E-state index in [1.165, 1.54) is 18.7 Å². The van der Waals surface area contributed by atoms with Gasteiger partial charge >= 0.3 is 0 Å². The predicted molar refractivity (Wildman–Crippen MR) is 158 cm³/mol. The number of benzene rings is 1. The van der Waals surface area contributed by atoms with E-state index < -0.39 is 6.04 Å².